The van der Waals surface area contributed by atoms with Crippen LogP contribution in [0.2, 0.25) is 0 Å². The smallest absolute Gasteiger partial charge is 0.338 e. The zero-order valence-corrected chi connectivity index (χ0v) is 21.9. The van der Waals surface area contributed by atoms with Gasteiger partial charge >= 0.3 is 11.9 Å². The lowest BCUT2D eigenvalue weighted by Gasteiger charge is -2.21. The highest BCUT2D eigenvalue weighted by Gasteiger charge is 2.48. The molecule has 2 aromatic carbocycles. The first kappa shape index (κ1) is 27.2. The SMILES string of the molecule is CC(=O)O[C@H]1[C@H](N=[N+]=[N-])[C@@H](COC(=O)c2ccc(C)cc2)O[C@H]1n1cnc2c(NC(=O)c3ccccc3)ncnc21. The maximum atomic E-state index is 12.7. The predicted octanol–water partition coefficient (Wildman–Crippen LogP) is 3.75. The van der Waals surface area contributed by atoms with Gasteiger partial charge in [-0.25, -0.2) is 19.7 Å². The van der Waals surface area contributed by atoms with Crippen LogP contribution in [-0.4, -0.2) is 62.2 Å². The Labute approximate surface area is 232 Å². The van der Waals surface area contributed by atoms with E-state index in [2.05, 4.69) is 30.3 Å². The highest BCUT2D eigenvalue weighted by atomic mass is 16.6. The number of amides is 1. The maximum absolute atomic E-state index is 12.7. The molecule has 0 saturated carbocycles. The molecule has 1 saturated heterocycles. The Hall–Kier alpha value is -5.33. The van der Waals surface area contributed by atoms with Gasteiger partial charge in [0.2, 0.25) is 0 Å². The van der Waals surface area contributed by atoms with Crippen LogP contribution in [0, 0.1) is 6.92 Å². The summed E-state index contributed by atoms with van der Waals surface area (Å²) in [5.74, 6) is -1.48. The first-order valence-corrected chi connectivity index (χ1v) is 12.5. The van der Waals surface area contributed by atoms with Crippen LogP contribution >= 0.6 is 0 Å². The maximum Gasteiger partial charge on any atom is 0.338 e. The summed E-state index contributed by atoms with van der Waals surface area (Å²) in [6.45, 7) is 2.82. The molecule has 0 spiro atoms. The van der Waals surface area contributed by atoms with Crippen LogP contribution in [-0.2, 0) is 19.0 Å². The third-order valence-corrected chi connectivity index (χ3v) is 6.37. The molecule has 0 unspecified atom stereocenters. The van der Waals surface area contributed by atoms with Crippen molar-refractivity contribution in [2.45, 2.75) is 38.3 Å². The molecule has 0 bridgehead atoms. The number of esters is 2. The van der Waals surface area contributed by atoms with Gasteiger partial charge in [0, 0.05) is 17.4 Å². The molecule has 0 radical (unpaired) electrons. The van der Waals surface area contributed by atoms with Gasteiger partial charge in [-0.1, -0.05) is 41.0 Å². The number of fused-ring (bicyclic) bond motifs is 1. The Morgan fingerprint density at radius 2 is 1.83 bits per heavy atom. The number of imidazole rings is 1. The quantitative estimate of drug-likeness (QED) is 0.146. The van der Waals surface area contributed by atoms with Gasteiger partial charge in [0.1, 0.15) is 25.1 Å². The van der Waals surface area contributed by atoms with E-state index in [0.717, 1.165) is 5.56 Å². The summed E-state index contributed by atoms with van der Waals surface area (Å²) >= 11 is 0. The number of anilines is 1. The van der Waals surface area contributed by atoms with Crippen molar-refractivity contribution in [2.75, 3.05) is 11.9 Å². The average molecular weight is 557 g/mol. The van der Waals surface area contributed by atoms with E-state index in [9.17, 15) is 19.9 Å². The van der Waals surface area contributed by atoms with Crippen molar-refractivity contribution < 1.29 is 28.6 Å². The van der Waals surface area contributed by atoms with Crippen LogP contribution in [0.5, 0.6) is 0 Å². The van der Waals surface area contributed by atoms with Crippen molar-refractivity contribution in [3.05, 3.63) is 94.4 Å². The van der Waals surface area contributed by atoms with E-state index in [4.69, 9.17) is 14.2 Å². The van der Waals surface area contributed by atoms with Gasteiger partial charge in [0.15, 0.2) is 29.3 Å². The van der Waals surface area contributed by atoms with Gasteiger partial charge in [-0.15, -0.1) is 0 Å². The van der Waals surface area contributed by atoms with Crippen molar-refractivity contribution in [2.24, 2.45) is 5.11 Å². The lowest BCUT2D eigenvalue weighted by Crippen LogP contribution is -2.36. The molecule has 1 N–H and O–H groups in total. The van der Waals surface area contributed by atoms with Gasteiger partial charge in [-0.3, -0.25) is 14.2 Å². The predicted molar refractivity (Wildman–Crippen MR) is 144 cm³/mol. The zero-order chi connectivity index (χ0) is 28.9. The van der Waals surface area contributed by atoms with Crippen molar-refractivity contribution in [1.82, 2.24) is 19.5 Å². The minimum absolute atomic E-state index is 0.153. The fraction of sp³-hybridized carbons (Fsp3) is 0.259. The standard InChI is InChI=1S/C27H24N8O6/c1-15-8-10-18(11-9-15)27(38)39-12-19-20(33-34-28)22(40-16(2)36)26(41-19)35-14-31-21-23(29-13-30-24(21)35)32-25(37)17-6-4-3-5-7-17/h3-11,13-14,19-20,22,26H,12H2,1-2H3,(H,29,30,32,37)/t19-,20-,22+,26-/m1/s1. The molecular weight excluding hydrogens is 532 g/mol. The first-order valence-electron chi connectivity index (χ1n) is 12.5. The molecule has 1 fully saturated rings. The Balaban J connectivity index is 1.42. The molecule has 14 nitrogen and oxygen atoms in total. The van der Waals surface area contributed by atoms with Gasteiger partial charge in [0.05, 0.1) is 11.9 Å². The van der Waals surface area contributed by atoms with Gasteiger partial charge in [-0.05, 0) is 36.7 Å². The molecule has 208 valence electrons. The number of benzene rings is 2. The topological polar surface area (TPSA) is 183 Å². The van der Waals surface area contributed by atoms with E-state index in [1.54, 1.807) is 54.6 Å². The summed E-state index contributed by atoms with van der Waals surface area (Å²) in [4.78, 5) is 53.0. The Morgan fingerprint density at radius 1 is 1.07 bits per heavy atom. The van der Waals surface area contributed by atoms with Crippen LogP contribution in [0.3, 0.4) is 0 Å². The normalized spacial score (nSPS) is 19.8. The van der Waals surface area contributed by atoms with Crippen LogP contribution in [0.4, 0.5) is 5.82 Å². The largest absolute Gasteiger partial charge is 0.459 e. The molecule has 4 aromatic rings. The minimum Gasteiger partial charge on any atom is -0.459 e. The summed E-state index contributed by atoms with van der Waals surface area (Å²) in [5.41, 5.74) is 11.5. The third-order valence-electron chi connectivity index (χ3n) is 6.37. The number of carbonyl (C=O) groups excluding carboxylic acids is 3. The molecule has 5 rings (SSSR count). The second kappa shape index (κ2) is 11.8. The summed E-state index contributed by atoms with van der Waals surface area (Å²) in [5, 5.41) is 6.52. The van der Waals surface area contributed by atoms with Crippen LogP contribution in [0.25, 0.3) is 21.6 Å². The molecule has 3 heterocycles. The number of hydrogen-bond donors (Lipinski definition) is 1. The van der Waals surface area contributed by atoms with Crippen molar-refractivity contribution in [3.8, 4) is 0 Å². The van der Waals surface area contributed by atoms with E-state index >= 15 is 0 Å². The average Bonchev–Trinajstić information content (AvgIpc) is 3.54. The second-order valence-corrected chi connectivity index (χ2v) is 9.17. The number of azide groups is 1. The third kappa shape index (κ3) is 5.83. The van der Waals surface area contributed by atoms with Crippen molar-refractivity contribution in [1.29, 1.82) is 0 Å². The fourth-order valence-corrected chi connectivity index (χ4v) is 4.43. The van der Waals surface area contributed by atoms with Gasteiger partial charge in [-0.2, -0.15) is 0 Å². The minimum atomic E-state index is -1.11. The fourth-order valence-electron chi connectivity index (χ4n) is 4.43. The number of ether oxygens (including phenoxy) is 3. The number of nitrogens with zero attached hydrogens (tertiary/aromatic N) is 7. The van der Waals surface area contributed by atoms with E-state index in [1.807, 2.05) is 6.92 Å². The highest BCUT2D eigenvalue weighted by Crippen LogP contribution is 2.36. The Kier molecular flexibility index (Phi) is 7.85. The summed E-state index contributed by atoms with van der Waals surface area (Å²) < 4.78 is 18.6. The number of hydrogen-bond acceptors (Lipinski definition) is 10. The van der Waals surface area contributed by atoms with E-state index < -0.39 is 42.3 Å². The zero-order valence-electron chi connectivity index (χ0n) is 21.9. The summed E-state index contributed by atoms with van der Waals surface area (Å²) in [6, 6.07) is 14.4. The van der Waals surface area contributed by atoms with Crippen molar-refractivity contribution >= 4 is 34.8 Å². The van der Waals surface area contributed by atoms with E-state index in [0.29, 0.717) is 11.1 Å². The number of rotatable bonds is 8. The van der Waals surface area contributed by atoms with Crippen LogP contribution < -0.4 is 5.32 Å². The molecule has 41 heavy (non-hydrogen) atoms. The van der Waals surface area contributed by atoms with Crippen LogP contribution in [0.15, 0.2) is 72.4 Å². The molecule has 2 aromatic heterocycles. The molecule has 1 amide bonds. The van der Waals surface area contributed by atoms with Crippen molar-refractivity contribution in [3.63, 3.8) is 0 Å². The number of aromatic nitrogens is 4. The molecule has 14 heteroatoms. The number of nitrogens with one attached hydrogen (secondary N) is 1. The molecule has 1 aliphatic rings. The number of aryl methyl sites for hydroxylation is 1. The molecular formula is C27H24N8O6. The van der Waals surface area contributed by atoms with Gasteiger partial charge < -0.3 is 19.5 Å². The summed E-state index contributed by atoms with van der Waals surface area (Å²) in [6.07, 6.45) is -0.516. The van der Waals surface area contributed by atoms with E-state index in [1.165, 1.54) is 24.1 Å². The first-order chi connectivity index (χ1) is 19.9. The monoisotopic (exact) mass is 556 g/mol. The van der Waals surface area contributed by atoms with E-state index in [-0.39, 0.29) is 23.6 Å². The number of carbonyl (C=O) groups is 3. The highest BCUT2D eigenvalue weighted by molar-refractivity contribution is 6.06. The molecule has 1 aliphatic heterocycles. The molecule has 0 aliphatic carbocycles. The lowest BCUT2D eigenvalue weighted by atomic mass is 10.1. The summed E-state index contributed by atoms with van der Waals surface area (Å²) in [7, 11) is 0. The molecule has 4 atom stereocenters. The Morgan fingerprint density at radius 3 is 2.54 bits per heavy atom. The Bertz CT molecular complexity index is 1630. The second-order valence-electron chi connectivity index (χ2n) is 9.17. The lowest BCUT2D eigenvalue weighted by molar-refractivity contribution is -0.152. The van der Waals surface area contributed by atoms with Gasteiger partial charge in [0.25, 0.3) is 5.91 Å². The van der Waals surface area contributed by atoms with Crippen LogP contribution in [0.1, 0.15) is 39.4 Å².